The van der Waals surface area contributed by atoms with Gasteiger partial charge in [0.25, 0.3) is 0 Å². The first-order chi connectivity index (χ1) is 9.40. The molecular formula is C13H14F3NO4. The number of hydrogen-bond donors (Lipinski definition) is 2. The molecule has 1 aromatic carbocycles. The Bertz CT molecular complexity index is 562. The smallest absolute Gasteiger partial charge is 0.471 e. The summed E-state index contributed by atoms with van der Waals surface area (Å²) in [6, 6.07) is 3.39. The summed E-state index contributed by atoms with van der Waals surface area (Å²) >= 11 is 0. The normalized spacial score (nSPS) is 11.9. The topological polar surface area (TPSA) is 75.6 Å². The van der Waals surface area contributed by atoms with Crippen molar-refractivity contribution in [2.45, 2.75) is 32.5 Å². The van der Waals surface area contributed by atoms with E-state index < -0.39 is 34.9 Å². The van der Waals surface area contributed by atoms with Crippen LogP contribution >= 0.6 is 0 Å². The molecule has 8 heteroatoms. The van der Waals surface area contributed by atoms with Crippen molar-refractivity contribution in [2.24, 2.45) is 0 Å². The van der Waals surface area contributed by atoms with Gasteiger partial charge in [-0.2, -0.15) is 13.2 Å². The SMILES string of the molecule is CC(C)(C)Oc1ccc(NC(=O)C(F)(F)F)c(C(=O)O)c1. The van der Waals surface area contributed by atoms with Gasteiger partial charge in [0.2, 0.25) is 0 Å². The van der Waals surface area contributed by atoms with Crippen LogP contribution in [0.3, 0.4) is 0 Å². The van der Waals surface area contributed by atoms with Crippen LogP contribution in [0.2, 0.25) is 0 Å². The Balaban J connectivity index is 3.11. The third kappa shape index (κ3) is 4.97. The number of amides is 1. The first kappa shape index (κ1) is 16.8. The number of anilines is 1. The van der Waals surface area contributed by atoms with E-state index in [0.717, 1.165) is 12.1 Å². The molecule has 1 aromatic rings. The van der Waals surface area contributed by atoms with Crippen molar-refractivity contribution in [3.8, 4) is 5.75 Å². The van der Waals surface area contributed by atoms with Gasteiger partial charge < -0.3 is 15.2 Å². The number of rotatable bonds is 3. The largest absolute Gasteiger partial charge is 0.488 e. The molecule has 0 saturated heterocycles. The zero-order chi connectivity index (χ0) is 16.4. The van der Waals surface area contributed by atoms with Crippen LogP contribution in [0.4, 0.5) is 18.9 Å². The standard InChI is InChI=1S/C13H14F3NO4/c1-12(2,3)21-7-4-5-9(8(6-7)10(18)19)17-11(20)13(14,15)16/h4-6H,1-3H3,(H,17,20)(H,18,19). The minimum atomic E-state index is -5.10. The molecule has 1 amide bonds. The second kappa shape index (κ2) is 5.63. The Morgan fingerprint density at radius 3 is 2.19 bits per heavy atom. The number of benzene rings is 1. The molecule has 1 rings (SSSR count). The number of nitrogens with one attached hydrogen (secondary N) is 1. The van der Waals surface area contributed by atoms with Crippen molar-refractivity contribution in [3.63, 3.8) is 0 Å². The summed E-state index contributed by atoms with van der Waals surface area (Å²) in [7, 11) is 0. The Labute approximate surface area is 118 Å². The zero-order valence-corrected chi connectivity index (χ0v) is 11.5. The van der Waals surface area contributed by atoms with Gasteiger partial charge in [-0.3, -0.25) is 4.79 Å². The molecule has 0 radical (unpaired) electrons. The molecule has 0 atom stereocenters. The summed E-state index contributed by atoms with van der Waals surface area (Å²) in [4.78, 5) is 21.9. The van der Waals surface area contributed by atoms with Crippen LogP contribution in [0.1, 0.15) is 31.1 Å². The van der Waals surface area contributed by atoms with E-state index in [1.807, 2.05) is 0 Å². The lowest BCUT2D eigenvalue weighted by Gasteiger charge is -2.22. The molecule has 0 saturated carbocycles. The van der Waals surface area contributed by atoms with Crippen LogP contribution in [0.5, 0.6) is 5.75 Å². The Morgan fingerprint density at radius 1 is 1.19 bits per heavy atom. The highest BCUT2D eigenvalue weighted by Crippen LogP contribution is 2.27. The third-order valence-electron chi connectivity index (χ3n) is 2.15. The monoisotopic (exact) mass is 305 g/mol. The molecule has 0 fully saturated rings. The van der Waals surface area contributed by atoms with Crippen LogP contribution in [0.15, 0.2) is 18.2 Å². The van der Waals surface area contributed by atoms with Gasteiger partial charge in [0.1, 0.15) is 11.4 Å². The lowest BCUT2D eigenvalue weighted by molar-refractivity contribution is -0.167. The zero-order valence-electron chi connectivity index (χ0n) is 11.5. The molecule has 0 aromatic heterocycles. The fraction of sp³-hybridized carbons (Fsp3) is 0.385. The molecule has 0 unspecified atom stereocenters. The maximum absolute atomic E-state index is 12.2. The molecule has 2 N–H and O–H groups in total. The molecule has 116 valence electrons. The average molecular weight is 305 g/mol. The first-order valence-corrected chi connectivity index (χ1v) is 5.85. The van der Waals surface area contributed by atoms with Crippen molar-refractivity contribution in [3.05, 3.63) is 23.8 Å². The van der Waals surface area contributed by atoms with Crippen LogP contribution in [-0.4, -0.2) is 28.8 Å². The molecule has 0 aliphatic rings. The Morgan fingerprint density at radius 2 is 1.76 bits per heavy atom. The van der Waals surface area contributed by atoms with Crippen molar-refractivity contribution >= 4 is 17.6 Å². The van der Waals surface area contributed by atoms with Gasteiger partial charge in [-0.05, 0) is 39.0 Å². The second-order valence-corrected chi connectivity index (χ2v) is 5.18. The summed E-state index contributed by atoms with van der Waals surface area (Å²) in [6.45, 7) is 5.19. The van der Waals surface area contributed by atoms with Crippen molar-refractivity contribution < 1.29 is 32.6 Å². The molecule has 0 bridgehead atoms. The number of aromatic carboxylic acids is 1. The van der Waals surface area contributed by atoms with Crippen molar-refractivity contribution in [1.82, 2.24) is 0 Å². The molecule has 0 aliphatic carbocycles. The van der Waals surface area contributed by atoms with E-state index in [1.54, 1.807) is 20.8 Å². The van der Waals surface area contributed by atoms with E-state index >= 15 is 0 Å². The Kier molecular flexibility index (Phi) is 4.50. The number of carbonyl (C=O) groups is 2. The average Bonchev–Trinajstić information content (AvgIpc) is 2.27. The lowest BCUT2D eigenvalue weighted by atomic mass is 10.1. The number of halogens is 3. The number of carboxylic acid groups (broad SMARTS) is 1. The van der Waals surface area contributed by atoms with Gasteiger partial charge in [0, 0.05) is 0 Å². The fourth-order valence-corrected chi connectivity index (χ4v) is 1.42. The van der Waals surface area contributed by atoms with Gasteiger partial charge in [-0.15, -0.1) is 0 Å². The third-order valence-corrected chi connectivity index (χ3v) is 2.15. The van der Waals surface area contributed by atoms with Crippen molar-refractivity contribution in [2.75, 3.05) is 5.32 Å². The van der Waals surface area contributed by atoms with E-state index in [2.05, 4.69) is 0 Å². The van der Waals surface area contributed by atoms with Crippen molar-refractivity contribution in [1.29, 1.82) is 0 Å². The number of carbonyl (C=O) groups excluding carboxylic acids is 1. The summed E-state index contributed by atoms with van der Waals surface area (Å²) in [5.74, 6) is -3.55. The highest BCUT2D eigenvalue weighted by Gasteiger charge is 2.39. The summed E-state index contributed by atoms with van der Waals surface area (Å²) in [5.41, 5.74) is -1.55. The van der Waals surface area contributed by atoms with Gasteiger partial charge >= 0.3 is 18.1 Å². The molecular weight excluding hydrogens is 291 g/mol. The Hall–Kier alpha value is -2.25. The summed E-state index contributed by atoms with van der Waals surface area (Å²) in [5, 5.41) is 10.5. The fourth-order valence-electron chi connectivity index (χ4n) is 1.42. The quantitative estimate of drug-likeness (QED) is 0.900. The van der Waals surface area contributed by atoms with Crippen LogP contribution in [-0.2, 0) is 4.79 Å². The predicted octanol–water partition coefficient (Wildman–Crippen LogP) is 3.06. The summed E-state index contributed by atoms with van der Waals surface area (Å²) in [6.07, 6.45) is -5.10. The number of alkyl halides is 3. The summed E-state index contributed by atoms with van der Waals surface area (Å²) < 4.78 is 42.0. The second-order valence-electron chi connectivity index (χ2n) is 5.18. The molecule has 5 nitrogen and oxygen atoms in total. The maximum Gasteiger partial charge on any atom is 0.471 e. The minimum Gasteiger partial charge on any atom is -0.488 e. The van der Waals surface area contributed by atoms with E-state index in [1.165, 1.54) is 11.4 Å². The minimum absolute atomic E-state index is 0.171. The van der Waals surface area contributed by atoms with E-state index in [9.17, 15) is 22.8 Å². The van der Waals surface area contributed by atoms with E-state index in [0.29, 0.717) is 0 Å². The highest BCUT2D eigenvalue weighted by atomic mass is 19.4. The molecule has 21 heavy (non-hydrogen) atoms. The number of hydrogen-bond acceptors (Lipinski definition) is 3. The molecule has 0 heterocycles. The highest BCUT2D eigenvalue weighted by molar-refractivity contribution is 6.02. The van der Waals surface area contributed by atoms with Gasteiger partial charge in [-0.1, -0.05) is 0 Å². The van der Waals surface area contributed by atoms with E-state index in [-0.39, 0.29) is 5.75 Å². The predicted molar refractivity (Wildman–Crippen MR) is 68.5 cm³/mol. The van der Waals surface area contributed by atoms with Crippen LogP contribution < -0.4 is 10.1 Å². The van der Waals surface area contributed by atoms with Gasteiger partial charge in [-0.25, -0.2) is 4.79 Å². The van der Waals surface area contributed by atoms with Gasteiger partial charge in [0.05, 0.1) is 11.3 Å². The van der Waals surface area contributed by atoms with Crippen LogP contribution in [0, 0.1) is 0 Å². The number of carboxylic acids is 1. The van der Waals surface area contributed by atoms with Crippen LogP contribution in [0.25, 0.3) is 0 Å². The number of ether oxygens (including phenoxy) is 1. The maximum atomic E-state index is 12.2. The first-order valence-electron chi connectivity index (χ1n) is 5.85. The van der Waals surface area contributed by atoms with Gasteiger partial charge in [0.15, 0.2) is 0 Å². The lowest BCUT2D eigenvalue weighted by Crippen LogP contribution is -2.30. The van der Waals surface area contributed by atoms with E-state index in [4.69, 9.17) is 9.84 Å². The molecule has 0 aliphatic heterocycles. The molecule has 0 spiro atoms.